The summed E-state index contributed by atoms with van der Waals surface area (Å²) in [4.78, 5) is 64.3. The highest BCUT2D eigenvalue weighted by Gasteiger charge is 2.43. The number of piperazine rings is 1. The van der Waals surface area contributed by atoms with Crippen molar-refractivity contribution < 1.29 is 23.9 Å². The molecule has 1 N–H and O–H groups in total. The number of ether oxygens (including phenoxy) is 1. The van der Waals surface area contributed by atoms with Crippen molar-refractivity contribution in [1.82, 2.24) is 34.5 Å². The number of amides is 5. The van der Waals surface area contributed by atoms with Crippen LogP contribution >= 0.6 is 23.3 Å². The van der Waals surface area contributed by atoms with E-state index >= 15 is 0 Å². The summed E-state index contributed by atoms with van der Waals surface area (Å²) in [7, 11) is 0. The molecule has 1 aromatic carbocycles. The van der Waals surface area contributed by atoms with Crippen LogP contribution < -0.4 is 10.2 Å². The molecule has 218 valence electrons. The lowest BCUT2D eigenvalue weighted by Gasteiger charge is -2.35. The monoisotopic (exact) mass is 608 g/mol. The van der Waals surface area contributed by atoms with E-state index in [2.05, 4.69) is 24.8 Å². The summed E-state index contributed by atoms with van der Waals surface area (Å²) in [6.07, 6.45) is 0.0244. The van der Waals surface area contributed by atoms with Gasteiger partial charge in [-0.05, 0) is 41.1 Å². The van der Waals surface area contributed by atoms with Gasteiger partial charge in [-0.15, -0.1) is 11.3 Å². The molecule has 4 aliphatic rings. The number of aromatic nitrogens is 2. The van der Waals surface area contributed by atoms with Crippen LogP contribution in [0.5, 0.6) is 0 Å². The Balaban J connectivity index is 1.01. The number of carbonyl (C=O) groups excluding carboxylic acids is 4. The van der Waals surface area contributed by atoms with Crippen LogP contribution in [0.3, 0.4) is 0 Å². The summed E-state index contributed by atoms with van der Waals surface area (Å²) < 4.78 is 8.89. The number of morpholine rings is 1. The molecule has 0 bridgehead atoms. The Hall–Kier alpha value is -3.63. The summed E-state index contributed by atoms with van der Waals surface area (Å²) >= 11 is 3.34. The Morgan fingerprint density at radius 2 is 1.69 bits per heavy atom. The number of carbonyl (C=O) groups is 4. The van der Waals surface area contributed by atoms with E-state index in [-0.39, 0.29) is 24.1 Å². The van der Waals surface area contributed by atoms with Crippen LogP contribution in [0, 0.1) is 0 Å². The van der Waals surface area contributed by atoms with E-state index in [4.69, 9.17) is 14.7 Å². The molecular formula is C27H28N8O5S2. The van der Waals surface area contributed by atoms with Crippen molar-refractivity contribution in [2.75, 3.05) is 63.9 Å². The number of anilines is 1. The topological polar surface area (TPSA) is 132 Å². The van der Waals surface area contributed by atoms with Crippen molar-refractivity contribution in [1.29, 1.82) is 0 Å². The number of nitrogens with zero attached hydrogens (tertiary/aromatic N) is 7. The molecule has 3 aromatic rings. The Morgan fingerprint density at radius 1 is 0.905 bits per heavy atom. The molecule has 3 saturated heterocycles. The van der Waals surface area contributed by atoms with Gasteiger partial charge >= 0.3 is 6.03 Å². The predicted molar refractivity (Wildman–Crippen MR) is 155 cm³/mol. The number of rotatable bonds is 6. The third-order valence-corrected chi connectivity index (χ3v) is 9.84. The molecule has 4 aliphatic heterocycles. The molecule has 0 radical (unpaired) electrons. The number of nitrogens with one attached hydrogen (secondary N) is 1. The van der Waals surface area contributed by atoms with Gasteiger partial charge in [-0.25, -0.2) is 24.1 Å². The highest BCUT2D eigenvalue weighted by molar-refractivity contribution is 7.97. The van der Waals surface area contributed by atoms with Crippen LogP contribution in [0.4, 0.5) is 10.7 Å². The van der Waals surface area contributed by atoms with Crippen molar-refractivity contribution in [3.63, 3.8) is 0 Å². The third-order valence-electron chi connectivity index (χ3n) is 7.71. The van der Waals surface area contributed by atoms with Gasteiger partial charge in [0.2, 0.25) is 11.9 Å². The summed E-state index contributed by atoms with van der Waals surface area (Å²) in [6, 6.07) is 6.50. The van der Waals surface area contributed by atoms with Gasteiger partial charge in [0.15, 0.2) is 0 Å². The van der Waals surface area contributed by atoms with E-state index in [9.17, 15) is 19.2 Å². The number of hydrogen-bond donors (Lipinski definition) is 1. The standard InChI is InChI=1S/C27H28N8O5S2/c36-21-3-5-34(27(39)29-21)35-24(37)18-2-1-17(15-19(18)25(35)38)16-31-6-8-32(9-7-31)26-28-20-4-14-41-22(20)23(30-26)42-33-10-12-40-13-11-33/h1-2,4,14-15H,3,5-13,16H2,(H,29,36,39). The van der Waals surface area contributed by atoms with Crippen molar-refractivity contribution >= 4 is 63.2 Å². The van der Waals surface area contributed by atoms with Crippen molar-refractivity contribution in [2.45, 2.75) is 18.0 Å². The molecule has 0 unspecified atom stereocenters. The first kappa shape index (κ1) is 27.2. The van der Waals surface area contributed by atoms with Gasteiger partial charge < -0.3 is 9.64 Å². The number of benzene rings is 1. The number of fused-ring (bicyclic) bond motifs is 2. The number of hydrazine groups is 1. The zero-order valence-corrected chi connectivity index (χ0v) is 24.3. The number of hydrogen-bond acceptors (Lipinski definition) is 12. The van der Waals surface area contributed by atoms with Crippen molar-refractivity contribution in [2.24, 2.45) is 0 Å². The quantitative estimate of drug-likeness (QED) is 0.250. The summed E-state index contributed by atoms with van der Waals surface area (Å²) in [5.74, 6) is -0.811. The van der Waals surface area contributed by atoms with Crippen LogP contribution in [0.15, 0.2) is 34.7 Å². The molecule has 13 nitrogen and oxygen atoms in total. The average Bonchev–Trinajstić information content (AvgIpc) is 3.57. The molecule has 7 rings (SSSR count). The first-order valence-electron chi connectivity index (χ1n) is 13.8. The lowest BCUT2D eigenvalue weighted by molar-refractivity contribution is -0.122. The second-order valence-corrected chi connectivity index (χ2v) is 12.4. The van der Waals surface area contributed by atoms with Gasteiger partial charge in [-0.1, -0.05) is 6.07 Å². The maximum absolute atomic E-state index is 13.2. The summed E-state index contributed by atoms with van der Waals surface area (Å²) in [5, 5.41) is 7.04. The minimum atomic E-state index is -0.771. The maximum atomic E-state index is 13.2. The fourth-order valence-corrected chi connectivity index (χ4v) is 7.35. The fraction of sp³-hybridized carbons (Fsp3) is 0.407. The second-order valence-electron chi connectivity index (χ2n) is 10.4. The molecule has 15 heteroatoms. The van der Waals surface area contributed by atoms with Gasteiger partial charge in [0.25, 0.3) is 11.8 Å². The Labute approximate surface area is 249 Å². The van der Waals surface area contributed by atoms with Gasteiger partial charge in [0.05, 0.1) is 41.1 Å². The van der Waals surface area contributed by atoms with E-state index in [1.165, 1.54) is 0 Å². The van der Waals surface area contributed by atoms with Gasteiger partial charge in [0.1, 0.15) is 5.03 Å². The molecule has 0 spiro atoms. The zero-order valence-electron chi connectivity index (χ0n) is 22.7. The molecule has 2 aromatic heterocycles. The Kier molecular flexibility index (Phi) is 7.27. The number of thiophene rings is 1. The molecular weight excluding hydrogens is 580 g/mol. The lowest BCUT2D eigenvalue weighted by Crippen LogP contribution is -2.58. The highest BCUT2D eigenvalue weighted by atomic mass is 32.2. The molecule has 6 heterocycles. The molecule has 0 aliphatic carbocycles. The van der Waals surface area contributed by atoms with Crippen molar-refractivity contribution in [3.8, 4) is 0 Å². The Morgan fingerprint density at radius 3 is 2.48 bits per heavy atom. The van der Waals surface area contributed by atoms with Crippen LogP contribution in [-0.2, 0) is 16.1 Å². The van der Waals surface area contributed by atoms with E-state index in [1.807, 2.05) is 12.1 Å². The SMILES string of the molecule is O=C1CCN(N2C(=O)c3ccc(CN4CCN(c5nc(SN6CCOCC6)c6sccc6n5)CC4)cc3C2=O)C(=O)N1. The average molecular weight is 609 g/mol. The molecule has 0 saturated carbocycles. The molecule has 5 amide bonds. The summed E-state index contributed by atoms with van der Waals surface area (Å²) in [5.41, 5.74) is 2.39. The smallest absolute Gasteiger partial charge is 0.343 e. The van der Waals surface area contributed by atoms with E-state index in [0.29, 0.717) is 6.54 Å². The van der Waals surface area contributed by atoms with Gasteiger partial charge in [-0.2, -0.15) is 5.01 Å². The van der Waals surface area contributed by atoms with Crippen LogP contribution in [-0.4, -0.2) is 112 Å². The van der Waals surface area contributed by atoms with Gasteiger partial charge in [0, 0.05) is 52.2 Å². The molecule has 0 atom stereocenters. The van der Waals surface area contributed by atoms with Crippen LogP contribution in [0.1, 0.15) is 32.7 Å². The maximum Gasteiger partial charge on any atom is 0.343 e. The largest absolute Gasteiger partial charge is 0.379 e. The van der Waals surface area contributed by atoms with E-state index < -0.39 is 23.8 Å². The van der Waals surface area contributed by atoms with E-state index in [1.54, 1.807) is 35.4 Å². The number of urea groups is 1. The summed E-state index contributed by atoms with van der Waals surface area (Å²) in [6.45, 7) is 6.87. The third kappa shape index (κ3) is 5.11. The van der Waals surface area contributed by atoms with Crippen LogP contribution in [0.2, 0.25) is 0 Å². The van der Waals surface area contributed by atoms with Crippen molar-refractivity contribution in [3.05, 3.63) is 46.3 Å². The zero-order chi connectivity index (χ0) is 28.8. The van der Waals surface area contributed by atoms with Crippen LogP contribution in [0.25, 0.3) is 10.2 Å². The second kappa shape index (κ2) is 11.2. The van der Waals surface area contributed by atoms with Gasteiger partial charge in [-0.3, -0.25) is 24.6 Å². The highest BCUT2D eigenvalue weighted by Crippen LogP contribution is 2.34. The fourth-order valence-electron chi connectivity index (χ4n) is 5.49. The number of imide groups is 2. The first-order chi connectivity index (χ1) is 20.4. The minimum absolute atomic E-state index is 0.0241. The lowest BCUT2D eigenvalue weighted by atomic mass is 10.1. The predicted octanol–water partition coefficient (Wildman–Crippen LogP) is 1.81. The molecule has 42 heavy (non-hydrogen) atoms. The normalized spacial score (nSPS) is 20.5. The molecule has 3 fully saturated rings. The first-order valence-corrected chi connectivity index (χ1v) is 15.5. The van der Waals surface area contributed by atoms with E-state index in [0.717, 1.165) is 89.3 Å². The minimum Gasteiger partial charge on any atom is -0.379 e. The Bertz CT molecular complexity index is 1580.